The van der Waals surface area contributed by atoms with Gasteiger partial charge in [0, 0.05) is 15.7 Å². The van der Waals surface area contributed by atoms with Crippen LogP contribution in [0.3, 0.4) is 0 Å². The first kappa shape index (κ1) is 13.5. The monoisotopic (exact) mass is 342 g/mol. The lowest BCUT2D eigenvalue weighted by atomic mass is 10.1. The summed E-state index contributed by atoms with van der Waals surface area (Å²) in [7, 11) is 0. The van der Waals surface area contributed by atoms with Crippen molar-refractivity contribution in [3.63, 3.8) is 0 Å². The Morgan fingerprint density at radius 2 is 1.90 bits per heavy atom. The van der Waals surface area contributed by atoms with Crippen LogP contribution in [0.1, 0.15) is 16.1 Å². The molecule has 0 saturated heterocycles. The maximum Gasteiger partial charge on any atom is 0.213 e. The number of para-hydroxylation sites is 1. The molecule has 5 nitrogen and oxygen atoms in total. The van der Waals surface area contributed by atoms with Crippen molar-refractivity contribution in [2.75, 3.05) is 5.73 Å². The maximum absolute atomic E-state index is 12.6. The van der Waals surface area contributed by atoms with Crippen molar-refractivity contribution in [1.29, 1.82) is 0 Å². The molecule has 21 heavy (non-hydrogen) atoms. The Labute approximate surface area is 129 Å². The second-order valence-corrected chi connectivity index (χ2v) is 5.29. The molecule has 0 atom stereocenters. The van der Waals surface area contributed by atoms with Crippen LogP contribution in [0.2, 0.25) is 0 Å². The summed E-state index contributed by atoms with van der Waals surface area (Å²) in [5, 5.41) is 7.82. The Morgan fingerprint density at radius 3 is 2.62 bits per heavy atom. The van der Waals surface area contributed by atoms with E-state index >= 15 is 0 Å². The fraction of sp³-hybridized carbons (Fsp3) is 0. The lowest BCUT2D eigenvalue weighted by molar-refractivity contribution is 0.103. The molecule has 3 rings (SSSR count). The minimum atomic E-state index is -0.162. The summed E-state index contributed by atoms with van der Waals surface area (Å²) in [6, 6.07) is 14.5. The number of ketones is 1. The van der Waals surface area contributed by atoms with Gasteiger partial charge in [-0.25, -0.2) is 4.68 Å². The quantitative estimate of drug-likeness (QED) is 0.586. The number of benzene rings is 2. The van der Waals surface area contributed by atoms with Crippen LogP contribution in [0.25, 0.3) is 5.69 Å². The number of anilines is 1. The molecule has 1 heterocycles. The van der Waals surface area contributed by atoms with Crippen molar-refractivity contribution in [1.82, 2.24) is 15.0 Å². The lowest BCUT2D eigenvalue weighted by Crippen LogP contribution is -2.10. The molecule has 0 saturated carbocycles. The van der Waals surface area contributed by atoms with E-state index in [1.165, 1.54) is 10.9 Å². The standard InChI is InChI=1S/C15H11BrN4O/c16-12-8-10(6-7-13(12)17)15(21)14-9-18-19-20(14)11-4-2-1-3-5-11/h1-9H,17H2. The minimum Gasteiger partial charge on any atom is -0.398 e. The average Bonchev–Trinajstić information content (AvgIpc) is 2.99. The van der Waals surface area contributed by atoms with Crippen LogP contribution in [0.15, 0.2) is 59.2 Å². The summed E-state index contributed by atoms with van der Waals surface area (Å²) in [6.45, 7) is 0. The van der Waals surface area contributed by atoms with Gasteiger partial charge in [-0.2, -0.15) is 0 Å². The molecule has 104 valence electrons. The van der Waals surface area contributed by atoms with E-state index in [1.54, 1.807) is 18.2 Å². The third-order valence-corrected chi connectivity index (χ3v) is 3.73. The van der Waals surface area contributed by atoms with Crippen molar-refractivity contribution in [3.05, 3.63) is 70.5 Å². The van der Waals surface area contributed by atoms with Crippen LogP contribution in [-0.2, 0) is 0 Å². The van der Waals surface area contributed by atoms with Gasteiger partial charge in [-0.3, -0.25) is 4.79 Å². The molecule has 0 unspecified atom stereocenters. The number of nitrogens with zero attached hydrogens (tertiary/aromatic N) is 3. The molecule has 0 radical (unpaired) electrons. The molecular weight excluding hydrogens is 332 g/mol. The van der Waals surface area contributed by atoms with Crippen LogP contribution >= 0.6 is 15.9 Å². The number of halogens is 1. The second-order valence-electron chi connectivity index (χ2n) is 4.43. The van der Waals surface area contributed by atoms with E-state index in [4.69, 9.17) is 5.73 Å². The van der Waals surface area contributed by atoms with E-state index in [1.807, 2.05) is 30.3 Å². The van der Waals surface area contributed by atoms with Gasteiger partial charge in [0.1, 0.15) is 5.69 Å². The Balaban J connectivity index is 2.03. The van der Waals surface area contributed by atoms with Gasteiger partial charge in [-0.05, 0) is 46.3 Å². The van der Waals surface area contributed by atoms with E-state index < -0.39 is 0 Å². The largest absolute Gasteiger partial charge is 0.398 e. The number of rotatable bonds is 3. The Hall–Kier alpha value is -2.47. The summed E-state index contributed by atoms with van der Waals surface area (Å²) in [5.74, 6) is -0.162. The van der Waals surface area contributed by atoms with E-state index in [9.17, 15) is 4.79 Å². The Kier molecular flexibility index (Phi) is 3.53. The highest BCUT2D eigenvalue weighted by atomic mass is 79.9. The zero-order valence-corrected chi connectivity index (χ0v) is 12.5. The number of carbonyl (C=O) groups is 1. The Bertz CT molecular complexity index is 798. The summed E-state index contributed by atoms with van der Waals surface area (Å²) in [5.41, 5.74) is 8.03. The first-order valence-electron chi connectivity index (χ1n) is 6.22. The second kappa shape index (κ2) is 5.49. The van der Waals surface area contributed by atoms with Crippen molar-refractivity contribution in [2.24, 2.45) is 0 Å². The lowest BCUT2D eigenvalue weighted by Gasteiger charge is -2.06. The highest BCUT2D eigenvalue weighted by molar-refractivity contribution is 9.10. The molecule has 0 fully saturated rings. The van der Waals surface area contributed by atoms with Crippen LogP contribution in [0.4, 0.5) is 5.69 Å². The smallest absolute Gasteiger partial charge is 0.213 e. The topological polar surface area (TPSA) is 73.8 Å². The van der Waals surface area contributed by atoms with Gasteiger partial charge in [0.15, 0.2) is 0 Å². The molecule has 6 heteroatoms. The van der Waals surface area contributed by atoms with E-state index in [2.05, 4.69) is 26.2 Å². The number of nitrogen functional groups attached to an aromatic ring is 1. The minimum absolute atomic E-state index is 0.162. The molecule has 1 aromatic heterocycles. The summed E-state index contributed by atoms with van der Waals surface area (Å²) >= 11 is 3.33. The summed E-state index contributed by atoms with van der Waals surface area (Å²) < 4.78 is 2.21. The first-order chi connectivity index (χ1) is 10.2. The molecule has 0 aliphatic carbocycles. The van der Waals surface area contributed by atoms with Crippen LogP contribution in [-0.4, -0.2) is 20.8 Å². The third kappa shape index (κ3) is 2.57. The highest BCUT2D eigenvalue weighted by Crippen LogP contribution is 2.22. The summed E-state index contributed by atoms with van der Waals surface area (Å²) in [6.07, 6.45) is 1.46. The predicted octanol–water partition coefficient (Wildman–Crippen LogP) is 2.84. The average molecular weight is 343 g/mol. The maximum atomic E-state index is 12.6. The number of carbonyl (C=O) groups excluding carboxylic acids is 1. The van der Waals surface area contributed by atoms with Gasteiger partial charge in [0.2, 0.25) is 5.78 Å². The molecule has 2 aromatic carbocycles. The number of hydrogen-bond donors (Lipinski definition) is 1. The van der Waals surface area contributed by atoms with Crippen molar-refractivity contribution < 1.29 is 4.79 Å². The molecule has 0 aliphatic heterocycles. The third-order valence-electron chi connectivity index (χ3n) is 3.05. The van der Waals surface area contributed by atoms with E-state index in [0.717, 1.165) is 5.69 Å². The van der Waals surface area contributed by atoms with Crippen LogP contribution < -0.4 is 5.73 Å². The number of nitrogens with two attached hydrogens (primary N) is 1. The van der Waals surface area contributed by atoms with Crippen molar-refractivity contribution >= 4 is 27.4 Å². The highest BCUT2D eigenvalue weighted by Gasteiger charge is 2.17. The fourth-order valence-corrected chi connectivity index (χ4v) is 2.34. The SMILES string of the molecule is Nc1ccc(C(=O)c2cnnn2-c2ccccc2)cc1Br. The number of hydrogen-bond acceptors (Lipinski definition) is 4. The van der Waals surface area contributed by atoms with Crippen LogP contribution in [0, 0.1) is 0 Å². The zero-order valence-electron chi connectivity index (χ0n) is 10.9. The molecule has 2 N–H and O–H groups in total. The Morgan fingerprint density at radius 1 is 1.14 bits per heavy atom. The molecule has 0 bridgehead atoms. The molecular formula is C15H11BrN4O. The normalized spacial score (nSPS) is 10.5. The first-order valence-corrected chi connectivity index (χ1v) is 7.02. The molecule has 0 amide bonds. The van der Waals surface area contributed by atoms with Gasteiger partial charge in [0.05, 0.1) is 11.9 Å². The van der Waals surface area contributed by atoms with Crippen LogP contribution in [0.5, 0.6) is 0 Å². The van der Waals surface area contributed by atoms with Gasteiger partial charge < -0.3 is 5.73 Å². The molecule has 0 aliphatic rings. The zero-order chi connectivity index (χ0) is 14.8. The van der Waals surface area contributed by atoms with Gasteiger partial charge in [-0.15, -0.1) is 5.10 Å². The van der Waals surface area contributed by atoms with Gasteiger partial charge in [-0.1, -0.05) is 23.4 Å². The summed E-state index contributed by atoms with van der Waals surface area (Å²) in [4.78, 5) is 12.6. The fourth-order valence-electron chi connectivity index (χ4n) is 1.97. The van der Waals surface area contributed by atoms with Gasteiger partial charge >= 0.3 is 0 Å². The predicted molar refractivity (Wildman–Crippen MR) is 83.3 cm³/mol. The van der Waals surface area contributed by atoms with Gasteiger partial charge in [0.25, 0.3) is 0 Å². The van der Waals surface area contributed by atoms with Crippen molar-refractivity contribution in [2.45, 2.75) is 0 Å². The van der Waals surface area contributed by atoms with E-state index in [0.29, 0.717) is 21.4 Å². The van der Waals surface area contributed by atoms with E-state index in [-0.39, 0.29) is 5.78 Å². The number of aromatic nitrogens is 3. The van der Waals surface area contributed by atoms with Crippen molar-refractivity contribution in [3.8, 4) is 5.69 Å². The molecule has 3 aromatic rings. The molecule has 0 spiro atoms.